The Bertz CT molecular complexity index is 1460. The first-order valence-corrected chi connectivity index (χ1v) is 11.1. The van der Waals surface area contributed by atoms with Crippen LogP contribution in [-0.4, -0.2) is 10.5 Å². The molecule has 4 aromatic rings. The van der Waals surface area contributed by atoms with E-state index in [0.29, 0.717) is 20.6 Å². The van der Waals surface area contributed by atoms with Gasteiger partial charge in [0.05, 0.1) is 10.2 Å². The number of carbonyl (C=O) groups is 1. The lowest BCUT2D eigenvalue weighted by Gasteiger charge is -2.08. The molecule has 0 radical (unpaired) electrons. The molecule has 2 aromatic heterocycles. The Morgan fingerprint density at radius 3 is 2.48 bits per heavy atom. The Balaban J connectivity index is 1.96. The van der Waals surface area contributed by atoms with E-state index >= 15 is 0 Å². The molecule has 0 fully saturated rings. The molecule has 5 nitrogen and oxygen atoms in total. The summed E-state index contributed by atoms with van der Waals surface area (Å²) in [4.78, 5) is 27.2. The largest absolute Gasteiger partial charge is 0.321 e. The van der Waals surface area contributed by atoms with Crippen LogP contribution < -0.4 is 20.1 Å². The highest BCUT2D eigenvalue weighted by Gasteiger charge is 2.17. The highest BCUT2D eigenvalue weighted by Crippen LogP contribution is 2.14. The number of rotatable bonds is 4. The van der Waals surface area contributed by atoms with E-state index in [2.05, 4.69) is 5.32 Å². The summed E-state index contributed by atoms with van der Waals surface area (Å²) in [7, 11) is 0. The zero-order chi connectivity index (χ0) is 21.8. The van der Waals surface area contributed by atoms with Crippen LogP contribution in [0, 0.1) is 18.3 Å². The average molecular weight is 444 g/mol. The second-order valence-corrected chi connectivity index (χ2v) is 8.67. The van der Waals surface area contributed by atoms with Gasteiger partial charge in [-0.2, -0.15) is 5.26 Å². The summed E-state index contributed by atoms with van der Waals surface area (Å²) in [5.74, 6) is -0.551. The summed E-state index contributed by atoms with van der Waals surface area (Å²) in [5.41, 5.74) is 1.72. The van der Waals surface area contributed by atoms with Crippen LogP contribution in [0.15, 0.2) is 76.9 Å². The van der Waals surface area contributed by atoms with Crippen LogP contribution in [0.2, 0.25) is 0 Å². The van der Waals surface area contributed by atoms with Crippen LogP contribution in [0.25, 0.3) is 17.3 Å². The molecule has 1 amide bonds. The van der Waals surface area contributed by atoms with Gasteiger partial charge in [-0.15, -0.1) is 22.7 Å². The number of nitriles is 1. The predicted molar refractivity (Wildman–Crippen MR) is 126 cm³/mol. The molecule has 0 saturated heterocycles. The minimum Gasteiger partial charge on any atom is -0.321 e. The van der Waals surface area contributed by atoms with E-state index in [1.807, 2.05) is 66.9 Å². The van der Waals surface area contributed by atoms with Crippen LogP contribution in [0.4, 0.5) is 5.69 Å². The van der Waals surface area contributed by atoms with E-state index in [0.717, 1.165) is 21.8 Å². The molecule has 7 heteroatoms. The predicted octanol–water partition coefficient (Wildman–Crippen LogP) is 3.41. The zero-order valence-corrected chi connectivity index (χ0v) is 18.2. The van der Waals surface area contributed by atoms with Gasteiger partial charge in [0, 0.05) is 10.6 Å². The third-order valence-electron chi connectivity index (χ3n) is 4.60. The van der Waals surface area contributed by atoms with E-state index in [-0.39, 0.29) is 11.1 Å². The van der Waals surface area contributed by atoms with Gasteiger partial charge in [0.15, 0.2) is 5.57 Å². The van der Waals surface area contributed by atoms with Crippen LogP contribution in [0.3, 0.4) is 0 Å². The Morgan fingerprint density at radius 1 is 1.06 bits per heavy atom. The number of aryl methyl sites for hydroxylation is 1. The molecule has 152 valence electrons. The van der Waals surface area contributed by atoms with Crippen molar-refractivity contribution >= 4 is 45.9 Å². The lowest BCUT2D eigenvalue weighted by Crippen LogP contribution is -2.32. The number of hydrogen-bond acceptors (Lipinski definition) is 5. The first kappa shape index (κ1) is 20.5. The number of thiophene rings is 1. The Kier molecular flexibility index (Phi) is 5.94. The van der Waals surface area contributed by atoms with Crippen LogP contribution in [0.1, 0.15) is 10.4 Å². The quantitative estimate of drug-likeness (QED) is 0.525. The maximum absolute atomic E-state index is 13.3. The van der Waals surface area contributed by atoms with Gasteiger partial charge in [-0.25, -0.2) is 0 Å². The van der Waals surface area contributed by atoms with Crippen molar-refractivity contribution in [1.82, 2.24) is 4.57 Å². The maximum Gasteiger partial charge on any atom is 0.273 e. The molecular formula is C24H17N3O2S2. The Labute approximate surface area is 186 Å². The fourth-order valence-electron chi connectivity index (χ4n) is 3.06. The number of hydrogen-bond donors (Lipinski definition) is 1. The van der Waals surface area contributed by atoms with Crippen molar-refractivity contribution in [3.05, 3.63) is 102 Å². The number of thiazole rings is 1. The first-order valence-electron chi connectivity index (χ1n) is 9.42. The monoisotopic (exact) mass is 443 g/mol. The molecule has 1 N–H and O–H groups in total. The van der Waals surface area contributed by atoms with Gasteiger partial charge in [-0.1, -0.05) is 42.5 Å². The number of nitrogens with zero attached hydrogens (tertiary/aromatic N) is 2. The summed E-state index contributed by atoms with van der Waals surface area (Å²) >= 11 is 2.65. The van der Waals surface area contributed by atoms with Gasteiger partial charge in [0.1, 0.15) is 10.7 Å². The zero-order valence-electron chi connectivity index (χ0n) is 16.5. The van der Waals surface area contributed by atoms with Gasteiger partial charge in [-0.3, -0.25) is 14.2 Å². The lowest BCUT2D eigenvalue weighted by molar-refractivity contribution is -0.111. The van der Waals surface area contributed by atoms with Crippen LogP contribution in [0.5, 0.6) is 0 Å². The van der Waals surface area contributed by atoms with Crippen molar-refractivity contribution < 1.29 is 4.79 Å². The van der Waals surface area contributed by atoms with Crippen molar-refractivity contribution in [2.45, 2.75) is 6.92 Å². The van der Waals surface area contributed by atoms with Crippen molar-refractivity contribution in [2.24, 2.45) is 0 Å². The lowest BCUT2D eigenvalue weighted by atomic mass is 10.2. The van der Waals surface area contributed by atoms with E-state index in [1.165, 1.54) is 15.9 Å². The van der Waals surface area contributed by atoms with E-state index in [1.54, 1.807) is 24.3 Å². The van der Waals surface area contributed by atoms with E-state index in [9.17, 15) is 14.9 Å². The third kappa shape index (κ3) is 4.26. The molecule has 0 aliphatic heterocycles. The number of para-hydroxylation sites is 2. The van der Waals surface area contributed by atoms with E-state index < -0.39 is 5.91 Å². The van der Waals surface area contributed by atoms with Gasteiger partial charge in [-0.05, 0) is 48.2 Å². The van der Waals surface area contributed by atoms with Crippen molar-refractivity contribution in [3.63, 3.8) is 0 Å². The molecule has 0 aliphatic rings. The van der Waals surface area contributed by atoms with Gasteiger partial charge in [0.25, 0.3) is 11.5 Å². The van der Waals surface area contributed by atoms with Crippen molar-refractivity contribution in [2.75, 3.05) is 5.32 Å². The van der Waals surface area contributed by atoms with Crippen molar-refractivity contribution in [3.8, 4) is 11.8 Å². The topological polar surface area (TPSA) is 74.9 Å². The second kappa shape index (κ2) is 8.96. The smallest absolute Gasteiger partial charge is 0.273 e. The molecule has 4 rings (SSSR count). The van der Waals surface area contributed by atoms with Gasteiger partial charge in [0.2, 0.25) is 0 Å². The molecule has 0 unspecified atom stereocenters. The number of nitrogens with one attached hydrogen (secondary N) is 1. The molecule has 0 bridgehead atoms. The molecular weight excluding hydrogens is 426 g/mol. The third-order valence-corrected chi connectivity index (χ3v) is 6.51. The number of amides is 1. The molecule has 2 aromatic carbocycles. The maximum atomic E-state index is 13.3. The minimum absolute atomic E-state index is 0.111. The Hall–Kier alpha value is -3.73. The fourth-order valence-corrected chi connectivity index (χ4v) is 4.88. The molecule has 2 heterocycles. The van der Waals surface area contributed by atoms with Gasteiger partial charge < -0.3 is 5.32 Å². The van der Waals surface area contributed by atoms with Crippen molar-refractivity contribution in [1.29, 1.82) is 5.26 Å². The number of anilines is 1. The van der Waals surface area contributed by atoms with Gasteiger partial charge >= 0.3 is 0 Å². The Morgan fingerprint density at radius 2 is 1.81 bits per heavy atom. The summed E-state index contributed by atoms with van der Waals surface area (Å²) in [6, 6.07) is 22.2. The second-order valence-electron chi connectivity index (χ2n) is 6.66. The minimum atomic E-state index is -0.551. The molecule has 0 spiro atoms. The normalized spacial score (nSPS) is 12.3. The summed E-state index contributed by atoms with van der Waals surface area (Å²) in [5, 5.41) is 14.6. The SMILES string of the molecule is Cc1ccccc1NC(=O)/C(C#N)=c1/s/c(=C/c2cccs2)c(=O)n1-c1ccccc1. The first-order chi connectivity index (χ1) is 15.1. The molecule has 0 saturated carbocycles. The highest BCUT2D eigenvalue weighted by atomic mass is 32.1. The summed E-state index contributed by atoms with van der Waals surface area (Å²) in [6.07, 6.45) is 1.79. The summed E-state index contributed by atoms with van der Waals surface area (Å²) < 4.78 is 2.19. The average Bonchev–Trinajstić information content (AvgIpc) is 3.40. The fraction of sp³-hybridized carbons (Fsp3) is 0.0417. The summed E-state index contributed by atoms with van der Waals surface area (Å²) in [6.45, 7) is 1.88. The number of carbonyl (C=O) groups excluding carboxylic acids is 1. The molecule has 31 heavy (non-hydrogen) atoms. The van der Waals surface area contributed by atoms with Crippen LogP contribution in [-0.2, 0) is 4.79 Å². The molecule has 0 atom stereocenters. The van der Waals surface area contributed by atoms with Crippen LogP contribution >= 0.6 is 22.7 Å². The number of benzene rings is 2. The number of aromatic nitrogens is 1. The molecule has 0 aliphatic carbocycles. The highest BCUT2D eigenvalue weighted by molar-refractivity contribution is 7.11. The van der Waals surface area contributed by atoms with E-state index in [4.69, 9.17) is 0 Å². The standard InChI is InChI=1S/C24H17N3O2S2/c1-16-8-5-6-12-20(16)26-22(28)19(15-25)24-27(17-9-3-2-4-10-17)23(29)21(31-24)14-18-11-7-13-30-18/h2-14H,1H3,(H,26,28)/b21-14+,24-19+.